The molecule has 0 radical (unpaired) electrons. The van der Waals surface area contributed by atoms with Crippen LogP contribution in [-0.2, 0) is 19.6 Å². The summed E-state index contributed by atoms with van der Waals surface area (Å²) in [4.78, 5) is 24.1. The van der Waals surface area contributed by atoms with Gasteiger partial charge in [0.15, 0.2) is 6.61 Å². The van der Waals surface area contributed by atoms with E-state index >= 15 is 0 Å². The zero-order chi connectivity index (χ0) is 23.0. The van der Waals surface area contributed by atoms with Crippen molar-refractivity contribution in [3.63, 3.8) is 0 Å². The molecule has 1 aromatic carbocycles. The number of carbonyl (C=O) groups is 2. The van der Waals surface area contributed by atoms with Crippen molar-refractivity contribution in [2.24, 2.45) is 5.92 Å². The normalized spacial score (nSPS) is 14.3. The Kier molecular flexibility index (Phi) is 9.81. The molecule has 1 aromatic rings. The maximum absolute atomic E-state index is 12.5. The third kappa shape index (κ3) is 8.11. The Hall–Kier alpha value is -1.61. The van der Waals surface area contributed by atoms with Crippen molar-refractivity contribution >= 4 is 45.1 Å². The average Bonchev–Trinajstić information content (AvgIpc) is 2.71. The van der Waals surface area contributed by atoms with Crippen LogP contribution in [0.4, 0.5) is 0 Å². The first-order valence-corrected chi connectivity index (χ1v) is 12.4. The third-order valence-electron chi connectivity index (χ3n) is 4.70. The fraction of sp³-hybridized carbons (Fsp3) is 0.524. The molecule has 0 aliphatic heterocycles. The molecule has 1 aliphatic carbocycles. The van der Waals surface area contributed by atoms with E-state index in [9.17, 15) is 18.0 Å². The molecule has 0 saturated carbocycles. The van der Waals surface area contributed by atoms with Gasteiger partial charge in [0.2, 0.25) is 10.0 Å². The summed E-state index contributed by atoms with van der Waals surface area (Å²) in [5.74, 6) is -1.27. The molecular weight excluding hydrogens is 463 g/mol. The molecule has 31 heavy (non-hydrogen) atoms. The molecule has 2 rings (SSSR count). The van der Waals surface area contributed by atoms with Crippen molar-refractivity contribution in [1.29, 1.82) is 0 Å². The van der Waals surface area contributed by atoms with E-state index in [4.69, 9.17) is 27.9 Å². The number of allylic oxidation sites excluding steroid dienone is 1. The summed E-state index contributed by atoms with van der Waals surface area (Å²) < 4.78 is 32.4. The molecule has 0 bridgehead atoms. The average molecular weight is 491 g/mol. The van der Waals surface area contributed by atoms with E-state index < -0.39 is 28.5 Å². The quantitative estimate of drug-likeness (QED) is 0.379. The molecule has 172 valence electrons. The molecule has 0 spiro atoms. The summed E-state index contributed by atoms with van der Waals surface area (Å²) >= 11 is 12.1. The third-order valence-corrected chi connectivity index (χ3v) is 6.90. The minimum absolute atomic E-state index is 0.0672. The SMILES string of the molecule is CC(C)CNS(=O)(=O)c1cc(C(=O)OCC(=O)NCCC2=CCCCC2)c(Cl)cc1Cl. The van der Waals surface area contributed by atoms with Crippen LogP contribution >= 0.6 is 23.2 Å². The fourth-order valence-corrected chi connectivity index (χ4v) is 5.06. The topological polar surface area (TPSA) is 102 Å². The molecule has 1 amide bonds. The van der Waals surface area contributed by atoms with Crippen molar-refractivity contribution in [3.8, 4) is 0 Å². The summed E-state index contributed by atoms with van der Waals surface area (Å²) in [5, 5.41) is 2.52. The Balaban J connectivity index is 1.96. The monoisotopic (exact) mass is 490 g/mol. The first-order chi connectivity index (χ1) is 14.6. The molecule has 0 heterocycles. The van der Waals surface area contributed by atoms with Crippen LogP contribution in [0.2, 0.25) is 10.0 Å². The number of rotatable bonds is 10. The number of hydrogen-bond donors (Lipinski definition) is 2. The van der Waals surface area contributed by atoms with Crippen molar-refractivity contribution < 1.29 is 22.7 Å². The minimum Gasteiger partial charge on any atom is -0.452 e. The maximum atomic E-state index is 12.5. The van der Waals surface area contributed by atoms with E-state index in [-0.39, 0.29) is 33.0 Å². The first kappa shape index (κ1) is 25.6. The predicted molar refractivity (Wildman–Crippen MR) is 121 cm³/mol. The van der Waals surface area contributed by atoms with Gasteiger partial charge in [-0.2, -0.15) is 0 Å². The molecule has 0 fully saturated rings. The van der Waals surface area contributed by atoms with Gasteiger partial charge in [0.25, 0.3) is 5.91 Å². The highest BCUT2D eigenvalue weighted by Gasteiger charge is 2.23. The molecule has 10 heteroatoms. The Morgan fingerprint density at radius 3 is 2.55 bits per heavy atom. The summed E-state index contributed by atoms with van der Waals surface area (Å²) in [6, 6.07) is 2.23. The van der Waals surface area contributed by atoms with Gasteiger partial charge in [-0.25, -0.2) is 17.9 Å². The van der Waals surface area contributed by atoms with Gasteiger partial charge in [-0.1, -0.05) is 48.7 Å². The van der Waals surface area contributed by atoms with E-state index in [0.29, 0.717) is 6.54 Å². The molecular formula is C21H28Cl2N2O5S. The van der Waals surface area contributed by atoms with Gasteiger partial charge in [0, 0.05) is 13.1 Å². The van der Waals surface area contributed by atoms with Gasteiger partial charge in [-0.15, -0.1) is 0 Å². The second kappa shape index (κ2) is 11.9. The fourth-order valence-electron chi connectivity index (χ4n) is 3.00. The van der Waals surface area contributed by atoms with E-state index in [1.54, 1.807) is 0 Å². The van der Waals surface area contributed by atoms with Crippen molar-refractivity contribution in [2.45, 2.75) is 50.8 Å². The number of nitrogens with one attached hydrogen (secondary N) is 2. The number of esters is 1. The molecule has 0 unspecified atom stereocenters. The highest BCUT2D eigenvalue weighted by Crippen LogP contribution is 2.29. The van der Waals surface area contributed by atoms with Gasteiger partial charge >= 0.3 is 5.97 Å². The highest BCUT2D eigenvalue weighted by molar-refractivity contribution is 7.89. The predicted octanol–water partition coefficient (Wildman–Crippen LogP) is 4.09. The van der Waals surface area contributed by atoms with Crippen LogP contribution < -0.4 is 10.0 Å². The second-order valence-electron chi connectivity index (χ2n) is 7.79. The van der Waals surface area contributed by atoms with E-state index in [1.165, 1.54) is 24.5 Å². The van der Waals surface area contributed by atoms with Crippen LogP contribution in [0, 0.1) is 5.92 Å². The van der Waals surface area contributed by atoms with Gasteiger partial charge in [-0.3, -0.25) is 4.79 Å². The van der Waals surface area contributed by atoms with Crippen LogP contribution in [0.1, 0.15) is 56.3 Å². The van der Waals surface area contributed by atoms with Crippen LogP contribution in [0.15, 0.2) is 28.7 Å². The summed E-state index contributed by atoms with van der Waals surface area (Å²) in [5.41, 5.74) is 1.15. The van der Waals surface area contributed by atoms with Crippen molar-refractivity contribution in [2.75, 3.05) is 19.7 Å². The number of sulfonamides is 1. The zero-order valence-corrected chi connectivity index (χ0v) is 20.0. The number of ether oxygens (including phenoxy) is 1. The number of benzene rings is 1. The van der Waals surface area contributed by atoms with E-state index in [1.807, 2.05) is 13.8 Å². The van der Waals surface area contributed by atoms with Crippen LogP contribution in [0.5, 0.6) is 0 Å². The van der Waals surface area contributed by atoms with E-state index in [2.05, 4.69) is 16.1 Å². The van der Waals surface area contributed by atoms with Gasteiger partial charge in [-0.05, 0) is 50.2 Å². The number of hydrogen-bond acceptors (Lipinski definition) is 5. The summed E-state index contributed by atoms with van der Waals surface area (Å²) in [6.45, 7) is 3.88. The number of halogens is 2. The minimum atomic E-state index is -3.95. The van der Waals surface area contributed by atoms with Crippen molar-refractivity contribution in [1.82, 2.24) is 10.0 Å². The smallest absolute Gasteiger partial charge is 0.340 e. The van der Waals surface area contributed by atoms with Crippen LogP contribution in [-0.4, -0.2) is 40.0 Å². The molecule has 0 atom stereocenters. The Morgan fingerprint density at radius 2 is 1.90 bits per heavy atom. The summed E-state index contributed by atoms with van der Waals surface area (Å²) in [6.07, 6.45) is 7.48. The molecule has 2 N–H and O–H groups in total. The number of carbonyl (C=O) groups excluding carboxylic acids is 2. The van der Waals surface area contributed by atoms with Crippen LogP contribution in [0.3, 0.4) is 0 Å². The Bertz CT molecular complexity index is 945. The molecule has 1 aliphatic rings. The van der Waals surface area contributed by atoms with E-state index in [0.717, 1.165) is 25.3 Å². The standard InChI is InChI=1S/C21H28Cl2N2O5S/c1-14(2)12-25-31(28,29)19-10-16(17(22)11-18(19)23)21(27)30-13-20(26)24-9-8-15-6-4-3-5-7-15/h6,10-11,14,25H,3-5,7-9,12-13H2,1-2H3,(H,24,26). The maximum Gasteiger partial charge on any atom is 0.340 e. The second-order valence-corrected chi connectivity index (χ2v) is 10.3. The molecule has 0 saturated heterocycles. The van der Waals surface area contributed by atoms with Crippen LogP contribution in [0.25, 0.3) is 0 Å². The Morgan fingerprint density at radius 1 is 1.16 bits per heavy atom. The summed E-state index contributed by atoms with van der Waals surface area (Å²) in [7, 11) is -3.95. The van der Waals surface area contributed by atoms with Gasteiger partial charge in [0.05, 0.1) is 15.6 Å². The lowest BCUT2D eigenvalue weighted by molar-refractivity contribution is -0.124. The lowest BCUT2D eigenvalue weighted by Gasteiger charge is -2.14. The lowest BCUT2D eigenvalue weighted by atomic mass is 9.97. The Labute approximate surface area is 193 Å². The zero-order valence-electron chi connectivity index (χ0n) is 17.7. The van der Waals surface area contributed by atoms with Crippen molar-refractivity contribution in [3.05, 3.63) is 39.4 Å². The largest absolute Gasteiger partial charge is 0.452 e. The number of amides is 1. The first-order valence-electron chi connectivity index (χ1n) is 10.2. The molecule has 0 aromatic heterocycles. The van der Waals surface area contributed by atoms with Gasteiger partial charge < -0.3 is 10.1 Å². The molecule has 7 nitrogen and oxygen atoms in total. The van der Waals surface area contributed by atoms with Gasteiger partial charge in [0.1, 0.15) is 4.90 Å². The lowest BCUT2D eigenvalue weighted by Crippen LogP contribution is -2.30. The highest BCUT2D eigenvalue weighted by atomic mass is 35.5.